The molecule has 0 saturated carbocycles. The number of nitrogens with zero attached hydrogens (tertiary/aromatic N) is 4. The summed E-state index contributed by atoms with van der Waals surface area (Å²) in [7, 11) is 4.05. The average molecular weight is 831 g/mol. The first-order chi connectivity index (χ1) is 29.5. The van der Waals surface area contributed by atoms with E-state index in [-0.39, 0.29) is 29.8 Å². The number of amides is 4. The van der Waals surface area contributed by atoms with Crippen molar-refractivity contribution >= 4 is 24.0 Å². The predicted molar refractivity (Wildman–Crippen MR) is 230 cm³/mol. The summed E-state index contributed by atoms with van der Waals surface area (Å²) in [6.07, 6.45) is 4.83. The number of imidazole rings is 2. The number of rotatable bonds is 13. The molecule has 15 heteroatoms. The number of alkyl carbamates (subject to hydrolysis) is 2. The maximum absolute atomic E-state index is 13.8. The number of carbonyl (C=O) groups excluding carboxylic acids is 4. The van der Waals surface area contributed by atoms with Crippen molar-refractivity contribution in [1.29, 1.82) is 0 Å². The summed E-state index contributed by atoms with van der Waals surface area (Å²) in [5.41, 5.74) is 7.74. The van der Waals surface area contributed by atoms with Crippen molar-refractivity contribution in [3.05, 3.63) is 96.8 Å². The third-order valence-corrected chi connectivity index (χ3v) is 11.8. The van der Waals surface area contributed by atoms with Crippen molar-refractivity contribution < 1.29 is 33.4 Å². The van der Waals surface area contributed by atoms with Crippen LogP contribution in [0.5, 0.6) is 0 Å². The van der Waals surface area contributed by atoms with Crippen LogP contribution in [-0.4, -0.2) is 106 Å². The van der Waals surface area contributed by atoms with Gasteiger partial charge in [0.2, 0.25) is 11.8 Å². The summed E-state index contributed by atoms with van der Waals surface area (Å²) in [5.74, 6) is 0.860. The highest BCUT2D eigenvalue weighted by atomic mass is 16.5. The van der Waals surface area contributed by atoms with Crippen LogP contribution < -0.4 is 10.6 Å². The largest absolute Gasteiger partial charge is 0.453 e. The highest BCUT2D eigenvalue weighted by Gasteiger charge is 2.39. The quantitative estimate of drug-likeness (QED) is 0.0948. The molecule has 2 saturated heterocycles. The van der Waals surface area contributed by atoms with E-state index in [1.54, 1.807) is 24.2 Å². The number of benzene rings is 3. The number of hydrogen-bond donors (Lipinski definition) is 4. The van der Waals surface area contributed by atoms with Gasteiger partial charge in [-0.3, -0.25) is 9.59 Å². The number of H-pyrrole nitrogens is 2. The second-order valence-electron chi connectivity index (χ2n) is 15.9. The van der Waals surface area contributed by atoms with Gasteiger partial charge in [-0.15, -0.1) is 0 Å². The van der Waals surface area contributed by atoms with Gasteiger partial charge in [-0.2, -0.15) is 0 Å². The number of aromatic amines is 2. The van der Waals surface area contributed by atoms with Gasteiger partial charge in [-0.1, -0.05) is 80.6 Å². The first-order valence-electron chi connectivity index (χ1n) is 20.7. The lowest BCUT2D eigenvalue weighted by Gasteiger charge is -2.30. The summed E-state index contributed by atoms with van der Waals surface area (Å²) in [6, 6.07) is 22.8. The molecule has 2 aliphatic rings. The monoisotopic (exact) mass is 830 g/mol. The van der Waals surface area contributed by atoms with Crippen LogP contribution >= 0.6 is 0 Å². The highest BCUT2D eigenvalue weighted by Crippen LogP contribution is 2.38. The normalized spacial score (nSPS) is 17.8. The Labute approximate surface area is 355 Å². The zero-order valence-corrected chi connectivity index (χ0v) is 35.4. The molecule has 4 N–H and O–H groups in total. The van der Waals surface area contributed by atoms with Gasteiger partial charge in [0.1, 0.15) is 23.7 Å². The minimum absolute atomic E-state index is 0.119. The number of nitrogens with one attached hydrogen (secondary N) is 4. The topological polar surface area (TPSA) is 184 Å². The fourth-order valence-electron chi connectivity index (χ4n) is 8.34. The van der Waals surface area contributed by atoms with Gasteiger partial charge in [0.15, 0.2) is 0 Å². The molecule has 0 spiro atoms. The average Bonchev–Trinajstić information content (AvgIpc) is 4.14. The van der Waals surface area contributed by atoms with Gasteiger partial charge in [0, 0.05) is 25.8 Å². The van der Waals surface area contributed by atoms with Crippen LogP contribution in [0.15, 0.2) is 85.2 Å². The van der Waals surface area contributed by atoms with Gasteiger partial charge in [0.25, 0.3) is 0 Å². The molecule has 4 heterocycles. The molecule has 0 aliphatic carbocycles. The second kappa shape index (κ2) is 18.8. The van der Waals surface area contributed by atoms with E-state index in [9.17, 15) is 19.2 Å². The summed E-state index contributed by atoms with van der Waals surface area (Å²) in [4.78, 5) is 71.6. The Balaban J connectivity index is 1.11. The number of likely N-dealkylation sites (tertiary alicyclic amines) is 2. The number of methoxy groups -OCH3 is 3. The van der Waals surface area contributed by atoms with Crippen molar-refractivity contribution in [1.82, 2.24) is 40.4 Å². The summed E-state index contributed by atoms with van der Waals surface area (Å²) >= 11 is 0. The maximum Gasteiger partial charge on any atom is 0.407 e. The van der Waals surface area contributed by atoms with Gasteiger partial charge < -0.3 is 44.6 Å². The lowest BCUT2D eigenvalue weighted by atomic mass is 9.91. The molecule has 2 aliphatic heterocycles. The molecule has 5 aromatic rings. The second-order valence-corrected chi connectivity index (χ2v) is 15.9. The molecule has 15 nitrogen and oxygen atoms in total. The van der Waals surface area contributed by atoms with E-state index in [1.807, 2.05) is 36.9 Å². The van der Waals surface area contributed by atoms with Crippen LogP contribution in [0.1, 0.15) is 70.2 Å². The molecule has 7 rings (SSSR count). The maximum atomic E-state index is 13.8. The van der Waals surface area contributed by atoms with Crippen LogP contribution in [0.25, 0.3) is 44.8 Å². The molecular weight excluding hydrogens is 777 g/mol. The molecule has 0 radical (unpaired) electrons. The van der Waals surface area contributed by atoms with Crippen molar-refractivity contribution in [2.75, 3.05) is 34.4 Å². The van der Waals surface area contributed by atoms with Gasteiger partial charge in [0.05, 0.1) is 56.2 Å². The van der Waals surface area contributed by atoms with Crippen LogP contribution in [0, 0.1) is 5.92 Å². The van der Waals surface area contributed by atoms with Gasteiger partial charge >= 0.3 is 12.2 Å². The van der Waals surface area contributed by atoms with E-state index in [1.165, 1.54) is 21.3 Å². The Morgan fingerprint density at radius 3 is 1.67 bits per heavy atom. The molecule has 2 aromatic heterocycles. The summed E-state index contributed by atoms with van der Waals surface area (Å²) in [5, 5.41) is 5.34. The molecule has 4 amide bonds. The Bertz CT molecular complexity index is 2330. The fraction of sp³-hybridized carbons (Fsp3) is 0.391. The smallest absolute Gasteiger partial charge is 0.407 e. The first kappa shape index (κ1) is 42.6. The van der Waals surface area contributed by atoms with E-state index < -0.39 is 30.4 Å². The lowest BCUT2D eigenvalue weighted by molar-refractivity contribution is -0.137. The lowest BCUT2D eigenvalue weighted by Crippen LogP contribution is -2.54. The Morgan fingerprint density at radius 1 is 0.639 bits per heavy atom. The van der Waals surface area contributed by atoms with Crippen LogP contribution in [-0.2, 0) is 23.8 Å². The predicted octanol–water partition coefficient (Wildman–Crippen LogP) is 7.27. The Morgan fingerprint density at radius 2 is 1.13 bits per heavy atom. The third-order valence-electron chi connectivity index (χ3n) is 11.8. The van der Waals surface area contributed by atoms with Crippen LogP contribution in [0.3, 0.4) is 0 Å². The molecule has 5 atom stereocenters. The highest BCUT2D eigenvalue weighted by molar-refractivity contribution is 5.89. The van der Waals surface area contributed by atoms with Crippen LogP contribution in [0.4, 0.5) is 9.59 Å². The third kappa shape index (κ3) is 9.16. The number of ether oxygens (including phenoxy) is 3. The molecule has 0 bridgehead atoms. The van der Waals surface area contributed by atoms with Crippen LogP contribution in [0.2, 0.25) is 0 Å². The first-order valence-corrected chi connectivity index (χ1v) is 20.7. The molecule has 2 fully saturated rings. The summed E-state index contributed by atoms with van der Waals surface area (Å²) < 4.78 is 15.0. The molecule has 3 aromatic carbocycles. The SMILES string of the molecule is COC(=O)N[C@H](C(=O)N1CCC[C@H]1c1ncc(-c2ccc(-c3ccc(-c4cnc([C@@H]5CCCN5C(=O)[C@@H](NC(=O)OC)[C@@H](C)OC)[nH]4)cc3-c3ccccc3)cc2)[nH]1)C(C)C. The van der Waals surface area contributed by atoms with E-state index in [0.717, 1.165) is 70.5 Å². The van der Waals surface area contributed by atoms with E-state index >= 15 is 0 Å². The Hall–Kier alpha value is -6.48. The van der Waals surface area contributed by atoms with E-state index in [4.69, 9.17) is 24.2 Å². The van der Waals surface area contributed by atoms with Gasteiger partial charge in [-0.05, 0) is 72.4 Å². The van der Waals surface area contributed by atoms with Crippen molar-refractivity contribution in [2.24, 2.45) is 5.92 Å². The van der Waals surface area contributed by atoms with Gasteiger partial charge in [-0.25, -0.2) is 19.6 Å². The van der Waals surface area contributed by atoms with E-state index in [0.29, 0.717) is 24.7 Å². The zero-order chi connectivity index (χ0) is 43.2. The van der Waals surface area contributed by atoms with E-state index in [2.05, 4.69) is 75.2 Å². The number of carbonyl (C=O) groups is 4. The fourth-order valence-corrected chi connectivity index (χ4v) is 8.34. The minimum Gasteiger partial charge on any atom is -0.453 e. The van der Waals surface area contributed by atoms with Crippen molar-refractivity contribution in [3.63, 3.8) is 0 Å². The number of aromatic nitrogens is 4. The van der Waals surface area contributed by atoms with Crippen molar-refractivity contribution in [3.8, 4) is 44.8 Å². The standard InChI is InChI=1S/C46H54N8O7/c1-27(2)39(51-45(57)60-5)43(55)53-22-10-14-37(53)41-47-25-35(49-41)31-18-16-30(17-19-31)33-21-20-32(24-34(33)29-12-8-7-9-13-29)36-26-48-42(50-36)38-15-11-23-54(38)44(56)40(28(3)59-4)52-46(58)61-6/h7-9,12-13,16-21,24-28,37-40H,10-11,14-15,22-23H2,1-6H3,(H,47,49)(H,48,50)(H,51,57)(H,52,58)/t28-,37+,38+,39+,40+/m1/s1. The van der Waals surface area contributed by atoms with Crippen molar-refractivity contribution in [2.45, 2.75) is 76.7 Å². The number of hydrogen-bond acceptors (Lipinski definition) is 9. The Kier molecular flexibility index (Phi) is 13.2. The summed E-state index contributed by atoms with van der Waals surface area (Å²) in [6.45, 7) is 6.64. The zero-order valence-electron chi connectivity index (χ0n) is 35.4. The minimum atomic E-state index is -0.915. The molecule has 0 unspecified atom stereocenters. The molecule has 61 heavy (non-hydrogen) atoms. The molecule has 320 valence electrons. The molecular formula is C46H54N8O7.